The molecule has 0 amide bonds. The summed E-state index contributed by atoms with van der Waals surface area (Å²) in [6.45, 7) is 2.44. The molecule has 2 aromatic rings. The lowest BCUT2D eigenvalue weighted by molar-refractivity contribution is 0.301. The van der Waals surface area contributed by atoms with Crippen molar-refractivity contribution in [1.29, 1.82) is 0 Å². The average Bonchev–Trinajstić information content (AvgIpc) is 2.55. The van der Waals surface area contributed by atoms with Crippen LogP contribution in [-0.4, -0.2) is 29.1 Å². The van der Waals surface area contributed by atoms with Crippen LogP contribution in [0.3, 0.4) is 0 Å². The number of nitrogens with one attached hydrogen (secondary N) is 2. The van der Waals surface area contributed by atoms with Gasteiger partial charge in [-0.1, -0.05) is 11.6 Å². The number of hydrogen-bond acceptors (Lipinski definition) is 5. The Morgan fingerprint density at radius 2 is 2.09 bits per heavy atom. The van der Waals surface area contributed by atoms with Crippen LogP contribution in [0.25, 0.3) is 0 Å². The highest BCUT2D eigenvalue weighted by molar-refractivity contribution is 6.31. The summed E-state index contributed by atoms with van der Waals surface area (Å²) in [4.78, 5) is 8.57. The number of hydrogen-bond donors (Lipinski definition) is 2. The Morgan fingerprint density at radius 1 is 1.23 bits per heavy atom. The van der Waals surface area contributed by atoms with Gasteiger partial charge in [0.25, 0.3) is 0 Å². The Labute approximate surface area is 135 Å². The van der Waals surface area contributed by atoms with Gasteiger partial charge in [-0.05, 0) is 44.1 Å². The number of anilines is 1. The lowest BCUT2D eigenvalue weighted by Crippen LogP contribution is -2.35. The number of nitrogens with zero attached hydrogens (tertiary/aromatic N) is 2. The molecule has 3 rings (SSSR count). The van der Waals surface area contributed by atoms with Gasteiger partial charge in [0.15, 0.2) is 0 Å². The number of rotatable bonds is 5. The summed E-state index contributed by atoms with van der Waals surface area (Å²) in [7, 11) is 0. The molecule has 1 aliphatic rings. The molecule has 2 N–H and O–H groups in total. The molecule has 0 radical (unpaired) electrons. The van der Waals surface area contributed by atoms with Crippen LogP contribution in [0.1, 0.15) is 18.5 Å². The molecule has 0 atom stereocenters. The molecule has 0 saturated carbocycles. The van der Waals surface area contributed by atoms with Crippen LogP contribution in [0.2, 0.25) is 5.02 Å². The van der Waals surface area contributed by atoms with Crippen molar-refractivity contribution < 1.29 is 4.74 Å². The van der Waals surface area contributed by atoms with Crippen LogP contribution >= 0.6 is 11.6 Å². The van der Waals surface area contributed by atoms with Gasteiger partial charge in [-0.2, -0.15) is 0 Å². The van der Waals surface area contributed by atoms with Crippen molar-refractivity contribution in [3.63, 3.8) is 0 Å². The van der Waals surface area contributed by atoms with Crippen molar-refractivity contribution in [2.24, 2.45) is 0 Å². The molecule has 0 unspecified atom stereocenters. The van der Waals surface area contributed by atoms with E-state index >= 15 is 0 Å². The van der Waals surface area contributed by atoms with E-state index in [1.54, 1.807) is 18.5 Å². The van der Waals surface area contributed by atoms with E-state index in [1.807, 2.05) is 18.2 Å². The molecule has 0 aromatic carbocycles. The number of pyridine rings is 2. The topological polar surface area (TPSA) is 59.1 Å². The monoisotopic (exact) mass is 318 g/mol. The molecule has 2 aromatic heterocycles. The van der Waals surface area contributed by atoms with Gasteiger partial charge in [-0.3, -0.25) is 4.98 Å². The maximum Gasteiger partial charge on any atom is 0.132 e. The molecule has 116 valence electrons. The van der Waals surface area contributed by atoms with Crippen molar-refractivity contribution in [2.75, 3.05) is 18.4 Å². The number of ether oxygens (including phenoxy) is 1. The van der Waals surface area contributed by atoms with Gasteiger partial charge in [0, 0.05) is 24.5 Å². The quantitative estimate of drug-likeness (QED) is 0.887. The summed E-state index contributed by atoms with van der Waals surface area (Å²) >= 11 is 6.08. The first-order valence-corrected chi connectivity index (χ1v) is 7.84. The van der Waals surface area contributed by atoms with Crippen LogP contribution < -0.4 is 15.4 Å². The Hall–Kier alpha value is -1.85. The molecule has 5 nitrogen and oxygen atoms in total. The Morgan fingerprint density at radius 3 is 2.91 bits per heavy atom. The highest BCUT2D eigenvalue weighted by Gasteiger charge is 2.13. The van der Waals surface area contributed by atoms with E-state index in [-0.39, 0.29) is 0 Å². The van der Waals surface area contributed by atoms with Crippen molar-refractivity contribution in [1.82, 2.24) is 15.3 Å². The minimum absolute atomic E-state index is 0.344. The summed E-state index contributed by atoms with van der Waals surface area (Å²) in [5, 5.41) is 7.42. The summed E-state index contributed by atoms with van der Waals surface area (Å²) < 4.78 is 5.76. The zero-order valence-electron chi connectivity index (χ0n) is 12.3. The molecule has 1 fully saturated rings. The minimum atomic E-state index is 0.344. The molecular formula is C16H19ClN4O. The van der Waals surface area contributed by atoms with Crippen LogP contribution in [0.4, 0.5) is 5.82 Å². The average molecular weight is 319 g/mol. The molecule has 1 aliphatic heterocycles. The highest BCUT2D eigenvalue weighted by Crippen LogP contribution is 2.20. The molecule has 0 bridgehead atoms. The first-order valence-electron chi connectivity index (χ1n) is 7.47. The summed E-state index contributed by atoms with van der Waals surface area (Å²) in [5.74, 6) is 1.60. The van der Waals surface area contributed by atoms with Crippen LogP contribution in [0.15, 0.2) is 36.7 Å². The van der Waals surface area contributed by atoms with Crippen LogP contribution in [0.5, 0.6) is 5.75 Å². The fraction of sp³-hybridized carbons (Fsp3) is 0.375. The maximum atomic E-state index is 6.08. The van der Waals surface area contributed by atoms with Gasteiger partial charge in [0.05, 0.1) is 10.7 Å². The zero-order chi connectivity index (χ0) is 15.2. The van der Waals surface area contributed by atoms with E-state index in [4.69, 9.17) is 16.3 Å². The molecule has 0 spiro atoms. The lowest BCUT2D eigenvalue weighted by atomic mass is 10.1. The Bertz CT molecular complexity index is 617. The Kier molecular flexibility index (Phi) is 5.08. The number of piperidine rings is 1. The standard InChI is InChI=1S/C16H19ClN4O/c17-14-2-1-6-19-15(14)11-22-13-5-9-20-16(10-13)21-12-3-7-18-8-4-12/h1-2,5-6,9-10,12,18H,3-4,7-8,11H2,(H,20,21). The summed E-state index contributed by atoms with van der Waals surface area (Å²) in [6.07, 6.45) is 5.67. The van der Waals surface area contributed by atoms with Gasteiger partial charge < -0.3 is 15.4 Å². The van der Waals surface area contributed by atoms with Crippen molar-refractivity contribution in [3.05, 3.63) is 47.4 Å². The fourth-order valence-corrected chi connectivity index (χ4v) is 2.61. The van der Waals surface area contributed by atoms with E-state index in [0.717, 1.165) is 43.2 Å². The van der Waals surface area contributed by atoms with Gasteiger partial charge >= 0.3 is 0 Å². The van der Waals surface area contributed by atoms with Crippen molar-refractivity contribution >= 4 is 17.4 Å². The summed E-state index contributed by atoms with van der Waals surface area (Å²) in [6, 6.07) is 7.83. The van der Waals surface area contributed by atoms with Crippen LogP contribution in [0, 0.1) is 0 Å². The largest absolute Gasteiger partial charge is 0.487 e. The van der Waals surface area contributed by atoms with Crippen LogP contribution in [-0.2, 0) is 6.61 Å². The van der Waals surface area contributed by atoms with Gasteiger partial charge in [0.2, 0.25) is 0 Å². The normalized spacial score (nSPS) is 15.5. The third-order valence-electron chi connectivity index (χ3n) is 3.63. The van der Waals surface area contributed by atoms with Crippen molar-refractivity contribution in [3.8, 4) is 5.75 Å². The Balaban J connectivity index is 1.60. The van der Waals surface area contributed by atoms with Crippen molar-refractivity contribution in [2.45, 2.75) is 25.5 Å². The lowest BCUT2D eigenvalue weighted by Gasteiger charge is -2.24. The third-order valence-corrected chi connectivity index (χ3v) is 3.98. The SMILES string of the molecule is Clc1cccnc1COc1ccnc(NC2CCNCC2)c1. The second-order valence-corrected chi connectivity index (χ2v) is 5.67. The number of aromatic nitrogens is 2. The third kappa shape index (κ3) is 4.08. The fourth-order valence-electron chi connectivity index (χ4n) is 2.43. The van der Waals surface area contributed by atoms with Gasteiger partial charge in [-0.15, -0.1) is 0 Å². The van der Waals surface area contributed by atoms with E-state index in [2.05, 4.69) is 20.6 Å². The molecule has 3 heterocycles. The van der Waals surface area contributed by atoms with Gasteiger partial charge in [-0.25, -0.2) is 4.98 Å². The molecule has 6 heteroatoms. The molecule has 1 saturated heterocycles. The predicted octanol–water partition coefficient (Wildman–Crippen LogP) is 2.87. The smallest absolute Gasteiger partial charge is 0.132 e. The highest BCUT2D eigenvalue weighted by atomic mass is 35.5. The second-order valence-electron chi connectivity index (χ2n) is 5.27. The van der Waals surface area contributed by atoms with E-state index in [9.17, 15) is 0 Å². The van der Waals surface area contributed by atoms with E-state index in [0.29, 0.717) is 17.7 Å². The van der Waals surface area contributed by atoms with E-state index in [1.165, 1.54) is 0 Å². The predicted molar refractivity (Wildman–Crippen MR) is 87.3 cm³/mol. The first-order chi connectivity index (χ1) is 10.8. The molecular weight excluding hydrogens is 300 g/mol. The first kappa shape index (κ1) is 15.1. The molecule has 22 heavy (non-hydrogen) atoms. The van der Waals surface area contributed by atoms with Gasteiger partial charge in [0.1, 0.15) is 18.2 Å². The van der Waals surface area contributed by atoms with E-state index < -0.39 is 0 Å². The second kappa shape index (κ2) is 7.42. The maximum absolute atomic E-state index is 6.08. The number of halogens is 1. The molecule has 0 aliphatic carbocycles. The summed E-state index contributed by atoms with van der Waals surface area (Å²) in [5.41, 5.74) is 0.730. The zero-order valence-corrected chi connectivity index (χ0v) is 13.0. The minimum Gasteiger partial charge on any atom is -0.487 e.